The highest BCUT2D eigenvalue weighted by Gasteiger charge is 2.17. The van der Waals surface area contributed by atoms with Crippen LogP contribution in [0.2, 0.25) is 0 Å². The quantitative estimate of drug-likeness (QED) is 0.934. The van der Waals surface area contributed by atoms with Gasteiger partial charge in [-0.05, 0) is 25.6 Å². The Bertz CT molecular complexity index is 569. The molecule has 1 aromatic carbocycles. The Morgan fingerprint density at radius 2 is 2.42 bits per heavy atom. The number of thiazole rings is 1. The second-order valence-electron chi connectivity index (χ2n) is 5.08. The third kappa shape index (κ3) is 2.88. The van der Waals surface area contributed by atoms with Crippen molar-refractivity contribution in [2.75, 3.05) is 38.6 Å². The van der Waals surface area contributed by atoms with Gasteiger partial charge in [0, 0.05) is 19.6 Å². The highest BCUT2D eigenvalue weighted by atomic mass is 32.1. The van der Waals surface area contributed by atoms with Crippen molar-refractivity contribution in [3.8, 4) is 0 Å². The molecule has 0 amide bonds. The second-order valence-corrected chi connectivity index (χ2v) is 6.11. The van der Waals surface area contributed by atoms with Crippen LogP contribution >= 0.6 is 11.3 Å². The molecule has 0 spiro atoms. The molecule has 1 N–H and O–H groups in total. The van der Waals surface area contributed by atoms with Crippen molar-refractivity contribution in [1.29, 1.82) is 0 Å². The van der Waals surface area contributed by atoms with Crippen LogP contribution in [-0.2, 0) is 4.74 Å². The van der Waals surface area contributed by atoms with Gasteiger partial charge >= 0.3 is 0 Å². The normalized spacial score (nSPS) is 20.8. The number of likely N-dealkylation sites (N-methyl/N-ethyl adjacent to an activating group) is 1. The smallest absolute Gasteiger partial charge is 0.183 e. The predicted octanol–water partition coefficient (Wildman–Crippen LogP) is 2.35. The number of rotatable bonds is 3. The van der Waals surface area contributed by atoms with E-state index in [-0.39, 0.29) is 6.10 Å². The fraction of sp³-hybridized carbons (Fsp3) is 0.500. The molecule has 1 atom stereocenters. The summed E-state index contributed by atoms with van der Waals surface area (Å²) in [4.78, 5) is 6.96. The average molecular weight is 277 g/mol. The number of para-hydroxylation sites is 1. The van der Waals surface area contributed by atoms with Crippen molar-refractivity contribution in [2.45, 2.75) is 13.0 Å². The monoisotopic (exact) mass is 277 g/mol. The minimum atomic E-state index is 0.256. The molecule has 1 aliphatic rings. The van der Waals surface area contributed by atoms with Crippen molar-refractivity contribution in [3.63, 3.8) is 0 Å². The lowest BCUT2D eigenvalue weighted by Crippen LogP contribution is -2.43. The van der Waals surface area contributed by atoms with Gasteiger partial charge in [-0.25, -0.2) is 4.98 Å². The Kier molecular flexibility index (Phi) is 3.68. The zero-order valence-corrected chi connectivity index (χ0v) is 12.2. The molecule has 0 radical (unpaired) electrons. The molecule has 1 aliphatic heterocycles. The number of aromatic nitrogens is 1. The number of hydrogen-bond donors (Lipinski definition) is 1. The minimum absolute atomic E-state index is 0.256. The summed E-state index contributed by atoms with van der Waals surface area (Å²) in [5.74, 6) is 0. The SMILES string of the molecule is Cc1cccc2sc(NCC3CN(C)CCO3)nc12. The third-order valence-electron chi connectivity index (χ3n) is 3.44. The first-order valence-electron chi connectivity index (χ1n) is 6.62. The van der Waals surface area contributed by atoms with Gasteiger partial charge < -0.3 is 15.0 Å². The van der Waals surface area contributed by atoms with E-state index in [1.807, 2.05) is 0 Å². The van der Waals surface area contributed by atoms with Gasteiger partial charge in [-0.1, -0.05) is 23.5 Å². The fourth-order valence-corrected chi connectivity index (χ4v) is 3.30. The van der Waals surface area contributed by atoms with Crippen LogP contribution in [0.1, 0.15) is 5.56 Å². The van der Waals surface area contributed by atoms with E-state index in [2.05, 4.69) is 47.4 Å². The summed E-state index contributed by atoms with van der Waals surface area (Å²) in [6.45, 7) is 5.75. The molecular weight excluding hydrogens is 258 g/mol. The van der Waals surface area contributed by atoms with E-state index in [1.165, 1.54) is 10.3 Å². The second kappa shape index (κ2) is 5.45. The molecule has 2 aromatic rings. The van der Waals surface area contributed by atoms with Gasteiger partial charge in [-0.3, -0.25) is 0 Å². The summed E-state index contributed by atoms with van der Waals surface area (Å²) < 4.78 is 6.98. The third-order valence-corrected chi connectivity index (χ3v) is 4.42. The Hall–Kier alpha value is -1.17. The summed E-state index contributed by atoms with van der Waals surface area (Å²) in [7, 11) is 2.14. The molecule has 1 unspecified atom stereocenters. The van der Waals surface area contributed by atoms with E-state index in [4.69, 9.17) is 4.74 Å². The fourth-order valence-electron chi connectivity index (χ4n) is 2.35. The van der Waals surface area contributed by atoms with Crippen LogP contribution in [0.5, 0.6) is 0 Å². The average Bonchev–Trinajstić information content (AvgIpc) is 2.81. The van der Waals surface area contributed by atoms with Crippen LogP contribution in [0.4, 0.5) is 5.13 Å². The van der Waals surface area contributed by atoms with Crippen LogP contribution < -0.4 is 5.32 Å². The van der Waals surface area contributed by atoms with Gasteiger partial charge in [0.15, 0.2) is 5.13 Å². The number of anilines is 1. The van der Waals surface area contributed by atoms with E-state index in [1.54, 1.807) is 11.3 Å². The maximum absolute atomic E-state index is 5.74. The summed E-state index contributed by atoms with van der Waals surface area (Å²) in [6.07, 6.45) is 0.256. The number of morpholine rings is 1. The number of ether oxygens (including phenoxy) is 1. The van der Waals surface area contributed by atoms with Gasteiger partial charge in [0.05, 0.1) is 22.9 Å². The Balaban J connectivity index is 1.66. The standard InChI is InChI=1S/C14H19N3OS/c1-10-4-3-5-12-13(10)16-14(19-12)15-8-11-9-17(2)6-7-18-11/h3-5,11H,6-9H2,1-2H3,(H,15,16). The lowest BCUT2D eigenvalue weighted by Gasteiger charge is -2.29. The van der Waals surface area contributed by atoms with Crippen molar-refractivity contribution in [3.05, 3.63) is 23.8 Å². The molecule has 19 heavy (non-hydrogen) atoms. The molecule has 3 rings (SSSR count). The molecule has 0 aliphatic carbocycles. The van der Waals surface area contributed by atoms with Crippen LogP contribution in [0.3, 0.4) is 0 Å². The summed E-state index contributed by atoms with van der Waals surface area (Å²) in [5, 5.41) is 4.39. The summed E-state index contributed by atoms with van der Waals surface area (Å²) >= 11 is 1.71. The Morgan fingerprint density at radius 1 is 1.53 bits per heavy atom. The topological polar surface area (TPSA) is 37.4 Å². The molecule has 102 valence electrons. The molecule has 4 nitrogen and oxygen atoms in total. The van der Waals surface area contributed by atoms with Crippen LogP contribution in [0, 0.1) is 6.92 Å². The number of benzene rings is 1. The first kappa shape index (κ1) is 12.8. The predicted molar refractivity (Wildman–Crippen MR) is 80.1 cm³/mol. The van der Waals surface area contributed by atoms with E-state index in [0.717, 1.165) is 36.9 Å². The molecular formula is C14H19N3OS. The van der Waals surface area contributed by atoms with Crippen molar-refractivity contribution in [2.24, 2.45) is 0 Å². The largest absolute Gasteiger partial charge is 0.374 e. The van der Waals surface area contributed by atoms with Gasteiger partial charge in [-0.2, -0.15) is 0 Å². The van der Waals surface area contributed by atoms with Crippen LogP contribution in [0.15, 0.2) is 18.2 Å². The number of fused-ring (bicyclic) bond motifs is 1. The minimum Gasteiger partial charge on any atom is -0.374 e. The first-order valence-corrected chi connectivity index (χ1v) is 7.44. The molecule has 1 aromatic heterocycles. The maximum atomic E-state index is 5.74. The molecule has 0 bridgehead atoms. The molecule has 5 heteroatoms. The molecule has 1 fully saturated rings. The van der Waals surface area contributed by atoms with Crippen LogP contribution in [-0.4, -0.2) is 49.3 Å². The maximum Gasteiger partial charge on any atom is 0.183 e. The number of nitrogens with one attached hydrogen (secondary N) is 1. The van der Waals surface area contributed by atoms with Crippen molar-refractivity contribution >= 4 is 26.7 Å². The van der Waals surface area contributed by atoms with Crippen molar-refractivity contribution < 1.29 is 4.74 Å². The van der Waals surface area contributed by atoms with Gasteiger partial charge in [0.1, 0.15) is 0 Å². The Labute approximate surface area is 117 Å². The number of hydrogen-bond acceptors (Lipinski definition) is 5. The zero-order valence-electron chi connectivity index (χ0n) is 11.3. The van der Waals surface area contributed by atoms with E-state index < -0.39 is 0 Å². The van der Waals surface area contributed by atoms with Crippen molar-refractivity contribution in [1.82, 2.24) is 9.88 Å². The number of nitrogens with zero attached hydrogens (tertiary/aromatic N) is 2. The lowest BCUT2D eigenvalue weighted by atomic mass is 10.2. The summed E-state index contributed by atoms with van der Waals surface area (Å²) in [6, 6.07) is 6.31. The molecule has 0 saturated carbocycles. The number of aryl methyl sites for hydroxylation is 1. The van der Waals surface area contributed by atoms with Gasteiger partial charge in [0.25, 0.3) is 0 Å². The van der Waals surface area contributed by atoms with Gasteiger partial charge in [0.2, 0.25) is 0 Å². The van der Waals surface area contributed by atoms with Gasteiger partial charge in [-0.15, -0.1) is 0 Å². The van der Waals surface area contributed by atoms with E-state index in [0.29, 0.717) is 0 Å². The highest BCUT2D eigenvalue weighted by molar-refractivity contribution is 7.22. The lowest BCUT2D eigenvalue weighted by molar-refractivity contribution is -0.0117. The molecule has 2 heterocycles. The Morgan fingerprint density at radius 3 is 3.21 bits per heavy atom. The van der Waals surface area contributed by atoms with E-state index in [9.17, 15) is 0 Å². The molecule has 1 saturated heterocycles. The zero-order chi connectivity index (χ0) is 13.2. The summed E-state index contributed by atoms with van der Waals surface area (Å²) in [5.41, 5.74) is 2.34. The van der Waals surface area contributed by atoms with E-state index >= 15 is 0 Å². The first-order chi connectivity index (χ1) is 9.22. The van der Waals surface area contributed by atoms with Crippen LogP contribution in [0.25, 0.3) is 10.2 Å². The highest BCUT2D eigenvalue weighted by Crippen LogP contribution is 2.27.